The third kappa shape index (κ3) is 5.14. The largest absolute Gasteiger partial charge is 1.00 e. The normalized spacial score (nSPS) is 19.5. The van der Waals surface area contributed by atoms with Gasteiger partial charge in [0.2, 0.25) is 5.91 Å². The molecule has 1 aromatic carbocycles. The molecule has 2 unspecified atom stereocenters. The minimum absolute atomic E-state index is 0. The van der Waals surface area contributed by atoms with E-state index in [9.17, 15) is 14.7 Å². The van der Waals surface area contributed by atoms with Crippen LogP contribution in [-0.4, -0.2) is 33.8 Å². The number of hydrogen-bond acceptors (Lipinski definition) is 5. The van der Waals surface area contributed by atoms with E-state index in [1.165, 1.54) is 0 Å². The van der Waals surface area contributed by atoms with Crippen LogP contribution in [0.15, 0.2) is 54.7 Å². The summed E-state index contributed by atoms with van der Waals surface area (Å²) in [6, 6.07) is 13.8. The van der Waals surface area contributed by atoms with E-state index in [-0.39, 0.29) is 35.5 Å². The van der Waals surface area contributed by atoms with E-state index < -0.39 is 18.1 Å². The fourth-order valence-electron chi connectivity index (χ4n) is 3.21. The molecular formula is C19H20N3NaO3. The summed E-state index contributed by atoms with van der Waals surface area (Å²) in [4.78, 5) is 29.9. The number of carbonyl (C=O) groups excluding carboxylic acids is 2. The molecule has 130 valence electrons. The number of pyridine rings is 1. The summed E-state index contributed by atoms with van der Waals surface area (Å²) in [5.41, 5.74) is 1.73. The standard InChI is InChI=1S/C19H21N3O3.Na/c23-18(21-12-15-8-4-5-11-20-15)16-9-10-17(19(24)25)22(16)13-14-6-2-1-3-7-14;/h1-8,11,16-17H,9-10,12-13H2,(H,21,23)(H,24,25);/q;+1/p-1. The second-order valence-electron chi connectivity index (χ2n) is 6.12. The summed E-state index contributed by atoms with van der Waals surface area (Å²) < 4.78 is 0. The third-order valence-electron chi connectivity index (χ3n) is 4.47. The monoisotopic (exact) mass is 361 g/mol. The maximum Gasteiger partial charge on any atom is 1.00 e. The summed E-state index contributed by atoms with van der Waals surface area (Å²) in [5.74, 6) is -1.30. The van der Waals surface area contributed by atoms with Gasteiger partial charge in [0.1, 0.15) is 0 Å². The first kappa shape index (κ1) is 20.6. The van der Waals surface area contributed by atoms with Gasteiger partial charge in [0.25, 0.3) is 0 Å². The number of benzene rings is 1. The zero-order valence-electron chi connectivity index (χ0n) is 14.8. The van der Waals surface area contributed by atoms with Crippen molar-refractivity contribution in [3.05, 3.63) is 66.0 Å². The summed E-state index contributed by atoms with van der Waals surface area (Å²) in [7, 11) is 0. The molecule has 0 saturated carbocycles. The van der Waals surface area contributed by atoms with Gasteiger partial charge in [-0.15, -0.1) is 0 Å². The Bertz CT molecular complexity index is 727. The van der Waals surface area contributed by atoms with Crippen molar-refractivity contribution in [1.29, 1.82) is 0 Å². The van der Waals surface area contributed by atoms with E-state index in [0.717, 1.165) is 11.3 Å². The van der Waals surface area contributed by atoms with Crippen molar-refractivity contribution >= 4 is 11.9 Å². The molecule has 0 spiro atoms. The zero-order valence-corrected chi connectivity index (χ0v) is 16.8. The zero-order chi connectivity index (χ0) is 17.6. The van der Waals surface area contributed by atoms with Crippen molar-refractivity contribution in [2.45, 2.75) is 38.0 Å². The first-order valence-corrected chi connectivity index (χ1v) is 8.33. The molecule has 1 amide bonds. The number of rotatable bonds is 6. The van der Waals surface area contributed by atoms with Crippen LogP contribution < -0.4 is 40.0 Å². The van der Waals surface area contributed by atoms with Gasteiger partial charge in [-0.2, -0.15) is 0 Å². The molecule has 2 aromatic rings. The fraction of sp³-hybridized carbons (Fsp3) is 0.316. The average molecular weight is 361 g/mol. The van der Waals surface area contributed by atoms with Gasteiger partial charge in [-0.25, -0.2) is 0 Å². The average Bonchev–Trinajstić information content (AvgIpc) is 3.05. The number of carboxylic acid groups (broad SMARTS) is 1. The van der Waals surface area contributed by atoms with E-state index in [2.05, 4.69) is 10.3 Å². The molecule has 1 fully saturated rings. The number of aliphatic carboxylic acids is 1. The van der Waals surface area contributed by atoms with Crippen LogP contribution in [0, 0.1) is 0 Å². The van der Waals surface area contributed by atoms with Gasteiger partial charge in [0.05, 0.1) is 30.3 Å². The summed E-state index contributed by atoms with van der Waals surface area (Å²) in [6.45, 7) is 0.729. The van der Waals surface area contributed by atoms with Crippen molar-refractivity contribution in [2.24, 2.45) is 0 Å². The molecule has 2 atom stereocenters. The molecule has 7 heteroatoms. The molecule has 1 saturated heterocycles. The molecule has 26 heavy (non-hydrogen) atoms. The fourth-order valence-corrected chi connectivity index (χ4v) is 3.21. The Hall–Kier alpha value is -1.73. The molecule has 3 rings (SSSR count). The summed E-state index contributed by atoms with van der Waals surface area (Å²) >= 11 is 0. The van der Waals surface area contributed by atoms with Crippen LogP contribution in [0.25, 0.3) is 0 Å². The summed E-state index contributed by atoms with van der Waals surface area (Å²) in [6.07, 6.45) is 2.58. The number of nitrogens with zero attached hydrogens (tertiary/aromatic N) is 2. The maximum absolute atomic E-state index is 12.6. The molecule has 1 aliphatic rings. The number of carbonyl (C=O) groups is 2. The number of hydrogen-bond donors (Lipinski definition) is 1. The second-order valence-corrected chi connectivity index (χ2v) is 6.12. The Morgan fingerprint density at radius 1 is 1.08 bits per heavy atom. The number of nitrogens with one attached hydrogen (secondary N) is 1. The molecular weight excluding hydrogens is 341 g/mol. The number of likely N-dealkylation sites (tertiary alicyclic amines) is 1. The predicted molar refractivity (Wildman–Crippen MR) is 89.9 cm³/mol. The quantitative estimate of drug-likeness (QED) is 0.575. The predicted octanol–water partition coefficient (Wildman–Crippen LogP) is -2.52. The van der Waals surface area contributed by atoms with E-state index in [0.29, 0.717) is 25.9 Å². The van der Waals surface area contributed by atoms with Crippen LogP contribution in [0.4, 0.5) is 0 Å². The van der Waals surface area contributed by atoms with E-state index in [4.69, 9.17) is 0 Å². The Morgan fingerprint density at radius 3 is 2.42 bits per heavy atom. The van der Waals surface area contributed by atoms with Gasteiger partial charge in [-0.3, -0.25) is 14.7 Å². The molecule has 1 N–H and O–H groups in total. The van der Waals surface area contributed by atoms with Gasteiger partial charge < -0.3 is 15.2 Å². The number of aromatic nitrogens is 1. The van der Waals surface area contributed by atoms with Crippen molar-refractivity contribution in [1.82, 2.24) is 15.2 Å². The third-order valence-corrected chi connectivity index (χ3v) is 4.47. The molecule has 1 aromatic heterocycles. The Morgan fingerprint density at radius 2 is 1.77 bits per heavy atom. The molecule has 0 bridgehead atoms. The smallest absolute Gasteiger partial charge is 0.548 e. The van der Waals surface area contributed by atoms with Crippen LogP contribution in [0.5, 0.6) is 0 Å². The molecule has 1 aliphatic heterocycles. The first-order chi connectivity index (χ1) is 12.1. The van der Waals surface area contributed by atoms with E-state index in [1.807, 2.05) is 48.5 Å². The van der Waals surface area contributed by atoms with Gasteiger partial charge in [-0.1, -0.05) is 36.4 Å². The van der Waals surface area contributed by atoms with Crippen LogP contribution in [-0.2, 0) is 22.7 Å². The van der Waals surface area contributed by atoms with Crippen molar-refractivity contribution in [2.75, 3.05) is 0 Å². The Labute approximate surface area is 174 Å². The van der Waals surface area contributed by atoms with Crippen LogP contribution in [0.3, 0.4) is 0 Å². The molecule has 6 nitrogen and oxygen atoms in total. The van der Waals surface area contributed by atoms with Gasteiger partial charge in [0, 0.05) is 12.7 Å². The van der Waals surface area contributed by atoms with E-state index in [1.54, 1.807) is 11.1 Å². The van der Waals surface area contributed by atoms with Crippen LogP contribution in [0.1, 0.15) is 24.1 Å². The van der Waals surface area contributed by atoms with Crippen molar-refractivity contribution in [3.63, 3.8) is 0 Å². The van der Waals surface area contributed by atoms with Crippen molar-refractivity contribution in [3.8, 4) is 0 Å². The Balaban J connectivity index is 0.00000243. The Kier molecular flexibility index (Phi) is 7.78. The number of carboxylic acids is 1. The van der Waals surface area contributed by atoms with Gasteiger partial charge in [0.15, 0.2) is 0 Å². The topological polar surface area (TPSA) is 85.4 Å². The SMILES string of the molecule is O=C([O-])C1CCC(C(=O)NCc2ccccn2)N1Cc1ccccc1.[Na+]. The maximum atomic E-state index is 12.6. The van der Waals surface area contributed by atoms with Crippen LogP contribution in [0.2, 0.25) is 0 Å². The second kappa shape index (κ2) is 9.83. The number of amides is 1. The van der Waals surface area contributed by atoms with Gasteiger partial charge in [-0.05, 0) is 30.5 Å². The summed E-state index contributed by atoms with van der Waals surface area (Å²) in [5, 5.41) is 14.3. The van der Waals surface area contributed by atoms with Crippen LogP contribution >= 0.6 is 0 Å². The molecule has 0 aliphatic carbocycles. The molecule has 2 heterocycles. The van der Waals surface area contributed by atoms with Crippen molar-refractivity contribution < 1.29 is 44.3 Å². The molecule has 0 radical (unpaired) electrons. The first-order valence-electron chi connectivity index (χ1n) is 8.33. The van der Waals surface area contributed by atoms with E-state index >= 15 is 0 Å². The van der Waals surface area contributed by atoms with Gasteiger partial charge >= 0.3 is 29.6 Å². The minimum Gasteiger partial charge on any atom is -0.548 e. The minimum atomic E-state index is -1.13.